The fraction of sp³-hybridized carbons (Fsp3) is 0.0952. The quantitative estimate of drug-likeness (QED) is 0.487. The molecule has 5 aromatic heterocycles. The third-order valence-electron chi connectivity index (χ3n) is 4.66. The van der Waals surface area contributed by atoms with Crippen molar-refractivity contribution < 1.29 is 9.21 Å². The van der Waals surface area contributed by atoms with E-state index in [-0.39, 0.29) is 5.91 Å². The number of furan rings is 1. The molecule has 1 N–H and O–H groups in total. The summed E-state index contributed by atoms with van der Waals surface area (Å²) in [5.41, 5.74) is 3.10. The first-order valence-corrected chi connectivity index (χ1v) is 9.27. The van der Waals surface area contributed by atoms with Crippen molar-refractivity contribution in [1.82, 2.24) is 29.5 Å². The van der Waals surface area contributed by atoms with Gasteiger partial charge in [0.1, 0.15) is 12.3 Å². The molecule has 0 aliphatic heterocycles. The van der Waals surface area contributed by atoms with Gasteiger partial charge < -0.3 is 9.73 Å². The summed E-state index contributed by atoms with van der Waals surface area (Å²) in [6.07, 6.45) is 10.00. The van der Waals surface area contributed by atoms with E-state index >= 15 is 0 Å². The predicted octanol–water partition coefficient (Wildman–Crippen LogP) is 3.12. The number of rotatable bonds is 5. The number of carbonyl (C=O) groups is 1. The van der Waals surface area contributed by atoms with Gasteiger partial charge >= 0.3 is 0 Å². The van der Waals surface area contributed by atoms with Crippen LogP contribution >= 0.6 is 0 Å². The number of pyridine rings is 2. The van der Waals surface area contributed by atoms with Gasteiger partial charge in [-0.05, 0) is 30.3 Å². The number of amides is 1. The van der Waals surface area contributed by atoms with Crippen molar-refractivity contribution in [1.29, 1.82) is 0 Å². The summed E-state index contributed by atoms with van der Waals surface area (Å²) in [7, 11) is 1.79. The van der Waals surface area contributed by atoms with Gasteiger partial charge in [0.05, 0.1) is 41.0 Å². The summed E-state index contributed by atoms with van der Waals surface area (Å²) in [6.45, 7) is 0.406. The van der Waals surface area contributed by atoms with E-state index in [2.05, 4.69) is 20.5 Å². The Bertz CT molecular complexity index is 1320. The van der Waals surface area contributed by atoms with Gasteiger partial charge in [-0.1, -0.05) is 0 Å². The second-order valence-corrected chi connectivity index (χ2v) is 6.77. The number of hydrogen-bond donors (Lipinski definition) is 1. The minimum absolute atomic E-state index is 0.266. The van der Waals surface area contributed by atoms with Crippen LogP contribution < -0.4 is 5.32 Å². The van der Waals surface area contributed by atoms with Crippen LogP contribution in [-0.2, 0) is 13.6 Å². The van der Waals surface area contributed by atoms with Gasteiger partial charge in [0, 0.05) is 31.2 Å². The number of fused-ring (bicyclic) bond motifs is 1. The fourth-order valence-corrected chi connectivity index (χ4v) is 3.25. The molecular formula is C21H17N7O2. The van der Waals surface area contributed by atoms with E-state index in [4.69, 9.17) is 9.40 Å². The Hall–Kier alpha value is -4.27. The molecule has 5 aromatic rings. The average Bonchev–Trinajstić information content (AvgIpc) is 3.51. The molecule has 0 atom stereocenters. The molecule has 0 unspecified atom stereocenters. The highest BCUT2D eigenvalue weighted by Gasteiger charge is 2.18. The summed E-state index contributed by atoms with van der Waals surface area (Å²) in [6, 6.07) is 9.18. The fourth-order valence-electron chi connectivity index (χ4n) is 3.25. The van der Waals surface area contributed by atoms with E-state index < -0.39 is 0 Å². The number of nitrogens with one attached hydrogen (secondary N) is 1. The lowest BCUT2D eigenvalue weighted by Gasteiger charge is -2.08. The second kappa shape index (κ2) is 7.28. The maximum Gasteiger partial charge on any atom is 0.256 e. The van der Waals surface area contributed by atoms with E-state index in [9.17, 15) is 4.79 Å². The molecule has 30 heavy (non-hydrogen) atoms. The van der Waals surface area contributed by atoms with Crippen LogP contribution in [-0.4, -0.2) is 35.4 Å². The predicted molar refractivity (Wildman–Crippen MR) is 110 cm³/mol. The normalized spacial score (nSPS) is 11.1. The standard InChI is InChI=1S/C21H17N7O2/c1-27-12-15(10-23-27)25-21(29)17-8-19(14-4-2-6-22-9-14)26-20-18(17)11-24-28(20)13-16-5-3-7-30-16/h2-12H,13H2,1H3,(H,25,29). The van der Waals surface area contributed by atoms with Crippen LogP contribution in [0.2, 0.25) is 0 Å². The monoisotopic (exact) mass is 399 g/mol. The van der Waals surface area contributed by atoms with Crippen molar-refractivity contribution in [3.63, 3.8) is 0 Å². The molecule has 5 heterocycles. The first kappa shape index (κ1) is 17.8. The van der Waals surface area contributed by atoms with E-state index in [1.54, 1.807) is 59.7 Å². The number of nitrogens with zero attached hydrogens (tertiary/aromatic N) is 6. The van der Waals surface area contributed by atoms with Crippen molar-refractivity contribution in [2.45, 2.75) is 6.54 Å². The van der Waals surface area contributed by atoms with E-state index in [0.717, 1.165) is 11.3 Å². The Balaban J connectivity index is 1.62. The third kappa shape index (κ3) is 3.32. The number of carbonyl (C=O) groups excluding carboxylic acids is 1. The van der Waals surface area contributed by atoms with Crippen LogP contribution in [0.15, 0.2) is 72.0 Å². The molecule has 0 saturated carbocycles. The Morgan fingerprint density at radius 2 is 2.10 bits per heavy atom. The molecular weight excluding hydrogens is 382 g/mol. The van der Waals surface area contributed by atoms with Gasteiger partial charge in [-0.2, -0.15) is 10.2 Å². The smallest absolute Gasteiger partial charge is 0.256 e. The summed E-state index contributed by atoms with van der Waals surface area (Å²) < 4.78 is 8.78. The van der Waals surface area contributed by atoms with Crippen molar-refractivity contribution in [3.05, 3.63) is 78.9 Å². The van der Waals surface area contributed by atoms with Crippen molar-refractivity contribution in [2.24, 2.45) is 7.05 Å². The summed E-state index contributed by atoms with van der Waals surface area (Å²) in [5, 5.41) is 12.1. The van der Waals surface area contributed by atoms with Gasteiger partial charge in [0.25, 0.3) is 5.91 Å². The second-order valence-electron chi connectivity index (χ2n) is 6.77. The number of aryl methyl sites for hydroxylation is 1. The van der Waals surface area contributed by atoms with Crippen molar-refractivity contribution >= 4 is 22.6 Å². The lowest BCUT2D eigenvalue weighted by molar-refractivity contribution is 0.102. The summed E-state index contributed by atoms with van der Waals surface area (Å²) in [5.74, 6) is 0.480. The number of anilines is 1. The molecule has 9 heteroatoms. The molecule has 1 amide bonds. The van der Waals surface area contributed by atoms with Crippen LogP contribution in [0.5, 0.6) is 0 Å². The third-order valence-corrected chi connectivity index (χ3v) is 4.66. The lowest BCUT2D eigenvalue weighted by Crippen LogP contribution is -2.13. The molecule has 0 aromatic carbocycles. The van der Waals surface area contributed by atoms with Crippen LogP contribution in [0.25, 0.3) is 22.3 Å². The maximum absolute atomic E-state index is 13.1. The van der Waals surface area contributed by atoms with E-state index in [0.29, 0.717) is 34.5 Å². The van der Waals surface area contributed by atoms with Gasteiger partial charge in [0.2, 0.25) is 0 Å². The Morgan fingerprint density at radius 3 is 2.83 bits per heavy atom. The topological polar surface area (TPSA) is 104 Å². The zero-order valence-electron chi connectivity index (χ0n) is 16.1. The van der Waals surface area contributed by atoms with Crippen LogP contribution in [0.1, 0.15) is 16.1 Å². The van der Waals surface area contributed by atoms with Crippen molar-refractivity contribution in [3.8, 4) is 11.3 Å². The molecule has 0 bridgehead atoms. The molecule has 0 aliphatic carbocycles. The van der Waals surface area contributed by atoms with Gasteiger partial charge in [-0.25, -0.2) is 9.67 Å². The molecule has 0 radical (unpaired) electrons. The highest BCUT2D eigenvalue weighted by atomic mass is 16.3. The zero-order chi connectivity index (χ0) is 20.5. The molecule has 0 aliphatic rings. The molecule has 148 valence electrons. The molecule has 9 nitrogen and oxygen atoms in total. The Labute approximate surface area is 171 Å². The molecule has 0 spiro atoms. The van der Waals surface area contributed by atoms with E-state index in [1.165, 1.54) is 0 Å². The first-order valence-electron chi connectivity index (χ1n) is 9.27. The van der Waals surface area contributed by atoms with Gasteiger partial charge in [-0.3, -0.25) is 14.5 Å². The maximum atomic E-state index is 13.1. The molecule has 0 fully saturated rings. The van der Waals surface area contributed by atoms with Gasteiger partial charge in [0.15, 0.2) is 5.65 Å². The van der Waals surface area contributed by atoms with E-state index in [1.807, 2.05) is 24.3 Å². The summed E-state index contributed by atoms with van der Waals surface area (Å²) >= 11 is 0. The van der Waals surface area contributed by atoms with Crippen LogP contribution in [0.4, 0.5) is 5.69 Å². The van der Waals surface area contributed by atoms with Crippen LogP contribution in [0, 0.1) is 0 Å². The average molecular weight is 399 g/mol. The lowest BCUT2D eigenvalue weighted by atomic mass is 10.1. The Morgan fingerprint density at radius 1 is 1.17 bits per heavy atom. The number of hydrogen-bond acceptors (Lipinski definition) is 6. The largest absolute Gasteiger partial charge is 0.467 e. The number of aromatic nitrogens is 6. The zero-order valence-corrected chi connectivity index (χ0v) is 16.1. The van der Waals surface area contributed by atoms with Crippen LogP contribution in [0.3, 0.4) is 0 Å². The highest BCUT2D eigenvalue weighted by Crippen LogP contribution is 2.26. The minimum Gasteiger partial charge on any atom is -0.467 e. The highest BCUT2D eigenvalue weighted by molar-refractivity contribution is 6.12. The SMILES string of the molecule is Cn1cc(NC(=O)c2cc(-c3cccnc3)nc3c2cnn3Cc2ccco2)cn1. The first-order chi connectivity index (χ1) is 14.7. The van der Waals surface area contributed by atoms with Crippen molar-refractivity contribution in [2.75, 3.05) is 5.32 Å². The van der Waals surface area contributed by atoms with Gasteiger partial charge in [-0.15, -0.1) is 0 Å². The summed E-state index contributed by atoms with van der Waals surface area (Å²) in [4.78, 5) is 22.0. The molecule has 5 rings (SSSR count). The minimum atomic E-state index is -0.266. The molecule has 0 saturated heterocycles. The Kier molecular flexibility index (Phi) is 4.32.